The molecule has 0 saturated heterocycles. The van der Waals surface area contributed by atoms with Gasteiger partial charge in [0.1, 0.15) is 0 Å². The van der Waals surface area contributed by atoms with Gasteiger partial charge in [-0.05, 0) is 49.2 Å². The summed E-state index contributed by atoms with van der Waals surface area (Å²) in [6.45, 7) is 5.34. The van der Waals surface area contributed by atoms with Crippen LogP contribution in [-0.2, 0) is 6.42 Å². The van der Waals surface area contributed by atoms with Crippen molar-refractivity contribution in [3.63, 3.8) is 0 Å². The molecule has 1 heterocycles. The van der Waals surface area contributed by atoms with Crippen LogP contribution in [0.2, 0.25) is 0 Å². The van der Waals surface area contributed by atoms with Crippen LogP contribution in [0, 0.1) is 6.92 Å². The molecule has 3 heteroatoms. The largest absolute Gasteiger partial charge is 0.313 e. The number of nitrogens with one attached hydrogen (secondary N) is 1. The molecule has 0 bridgehead atoms. The van der Waals surface area contributed by atoms with Gasteiger partial charge in [-0.3, -0.25) is 4.98 Å². The number of hydrogen-bond acceptors (Lipinski definition) is 3. The molecule has 1 unspecified atom stereocenters. The lowest BCUT2D eigenvalue weighted by molar-refractivity contribution is 0.572. The highest BCUT2D eigenvalue weighted by atomic mass is 32.2. The molecule has 2 nitrogen and oxygen atoms in total. The number of hydrogen-bond donors (Lipinski definition) is 1. The fraction of sp³-hybridized carbons (Fsp3) is 0.353. The van der Waals surface area contributed by atoms with Crippen LogP contribution in [-0.4, -0.2) is 23.3 Å². The molecular weight excluding hydrogens is 264 g/mol. The average molecular weight is 286 g/mol. The summed E-state index contributed by atoms with van der Waals surface area (Å²) < 4.78 is 0. The van der Waals surface area contributed by atoms with E-state index in [1.54, 1.807) is 0 Å². The van der Waals surface area contributed by atoms with E-state index in [0.29, 0.717) is 6.04 Å². The van der Waals surface area contributed by atoms with Gasteiger partial charge in [-0.1, -0.05) is 25.1 Å². The standard InChI is InChI=1S/C17H22N2S/c1-3-19-16(12-15-8-10-18-11-9-15)13-20-17-7-5-4-6-14(17)2/h4-11,16,19H,3,12-13H2,1-2H3. The van der Waals surface area contributed by atoms with Crippen molar-refractivity contribution in [2.45, 2.75) is 31.2 Å². The lowest BCUT2D eigenvalue weighted by atomic mass is 10.1. The molecule has 1 N–H and O–H groups in total. The Morgan fingerprint density at radius 1 is 1.15 bits per heavy atom. The molecule has 1 aromatic heterocycles. The SMILES string of the molecule is CCNC(CSc1ccccc1C)Cc1ccncc1. The molecular formula is C17H22N2S. The second kappa shape index (κ2) is 8.08. The summed E-state index contributed by atoms with van der Waals surface area (Å²) >= 11 is 1.94. The van der Waals surface area contributed by atoms with E-state index in [2.05, 4.69) is 60.5 Å². The molecule has 20 heavy (non-hydrogen) atoms. The number of pyridine rings is 1. The van der Waals surface area contributed by atoms with Crippen molar-refractivity contribution in [2.24, 2.45) is 0 Å². The Hall–Kier alpha value is -1.32. The molecule has 0 radical (unpaired) electrons. The highest BCUT2D eigenvalue weighted by Crippen LogP contribution is 2.23. The normalized spacial score (nSPS) is 12.3. The van der Waals surface area contributed by atoms with E-state index in [4.69, 9.17) is 0 Å². The number of aromatic nitrogens is 1. The van der Waals surface area contributed by atoms with Gasteiger partial charge in [-0.25, -0.2) is 0 Å². The van der Waals surface area contributed by atoms with E-state index >= 15 is 0 Å². The van der Waals surface area contributed by atoms with E-state index < -0.39 is 0 Å². The third-order valence-electron chi connectivity index (χ3n) is 3.26. The van der Waals surface area contributed by atoms with Crippen LogP contribution in [0.3, 0.4) is 0 Å². The van der Waals surface area contributed by atoms with E-state index in [9.17, 15) is 0 Å². The van der Waals surface area contributed by atoms with Crippen molar-refractivity contribution in [1.29, 1.82) is 0 Å². The molecule has 0 aliphatic carbocycles. The first-order valence-corrected chi connectivity index (χ1v) is 8.09. The molecule has 0 amide bonds. The Morgan fingerprint density at radius 2 is 1.90 bits per heavy atom. The van der Waals surface area contributed by atoms with Gasteiger partial charge in [0, 0.05) is 29.1 Å². The maximum atomic E-state index is 4.08. The Balaban J connectivity index is 1.94. The van der Waals surface area contributed by atoms with Crippen LogP contribution >= 0.6 is 11.8 Å². The summed E-state index contributed by atoms with van der Waals surface area (Å²) in [6, 6.07) is 13.3. The molecule has 0 aliphatic rings. The van der Waals surface area contributed by atoms with Gasteiger partial charge in [0.05, 0.1) is 0 Å². The minimum atomic E-state index is 0.493. The number of likely N-dealkylation sites (N-methyl/N-ethyl adjacent to an activating group) is 1. The zero-order valence-corrected chi connectivity index (χ0v) is 13.0. The number of thioether (sulfide) groups is 1. The lowest BCUT2D eigenvalue weighted by Crippen LogP contribution is -2.33. The zero-order chi connectivity index (χ0) is 14.2. The van der Waals surface area contributed by atoms with Gasteiger partial charge in [-0.2, -0.15) is 0 Å². The fourth-order valence-corrected chi connectivity index (χ4v) is 3.28. The van der Waals surface area contributed by atoms with E-state index in [-0.39, 0.29) is 0 Å². The van der Waals surface area contributed by atoms with Crippen LogP contribution in [0.15, 0.2) is 53.7 Å². The van der Waals surface area contributed by atoms with Crippen LogP contribution in [0.4, 0.5) is 0 Å². The second-order valence-corrected chi connectivity index (χ2v) is 5.95. The molecule has 0 saturated carbocycles. The number of aryl methyl sites for hydroxylation is 1. The Bertz CT molecular complexity index is 513. The minimum absolute atomic E-state index is 0.493. The number of rotatable bonds is 7. The maximum absolute atomic E-state index is 4.08. The van der Waals surface area contributed by atoms with Gasteiger partial charge in [0.2, 0.25) is 0 Å². The quantitative estimate of drug-likeness (QED) is 0.786. The molecule has 106 valence electrons. The molecule has 2 aromatic rings. The first kappa shape index (κ1) is 15.1. The van der Waals surface area contributed by atoms with Crippen molar-refractivity contribution < 1.29 is 0 Å². The third-order valence-corrected chi connectivity index (χ3v) is 4.60. The lowest BCUT2D eigenvalue weighted by Gasteiger charge is -2.18. The van der Waals surface area contributed by atoms with Crippen molar-refractivity contribution in [2.75, 3.05) is 12.3 Å². The van der Waals surface area contributed by atoms with Gasteiger partial charge in [-0.15, -0.1) is 11.8 Å². The van der Waals surface area contributed by atoms with Crippen molar-refractivity contribution >= 4 is 11.8 Å². The predicted molar refractivity (Wildman–Crippen MR) is 87.3 cm³/mol. The molecule has 0 spiro atoms. The van der Waals surface area contributed by atoms with Crippen LogP contribution in [0.25, 0.3) is 0 Å². The number of nitrogens with zero attached hydrogens (tertiary/aromatic N) is 1. The highest BCUT2D eigenvalue weighted by molar-refractivity contribution is 7.99. The van der Waals surface area contributed by atoms with Gasteiger partial charge < -0.3 is 5.32 Å². The molecule has 1 atom stereocenters. The molecule has 0 aliphatic heterocycles. The highest BCUT2D eigenvalue weighted by Gasteiger charge is 2.09. The second-order valence-electron chi connectivity index (χ2n) is 4.89. The summed E-state index contributed by atoms with van der Waals surface area (Å²) in [5.74, 6) is 1.08. The summed E-state index contributed by atoms with van der Waals surface area (Å²) in [7, 11) is 0. The van der Waals surface area contributed by atoms with Crippen LogP contribution < -0.4 is 5.32 Å². The number of benzene rings is 1. The Kier molecular flexibility index (Phi) is 6.09. The van der Waals surface area contributed by atoms with E-state index in [0.717, 1.165) is 18.7 Å². The van der Waals surface area contributed by atoms with Crippen molar-refractivity contribution in [3.8, 4) is 0 Å². The first-order valence-electron chi connectivity index (χ1n) is 7.10. The molecule has 0 fully saturated rings. The average Bonchev–Trinajstić information content (AvgIpc) is 2.47. The van der Waals surface area contributed by atoms with Crippen LogP contribution in [0.1, 0.15) is 18.1 Å². The van der Waals surface area contributed by atoms with Crippen molar-refractivity contribution in [1.82, 2.24) is 10.3 Å². The summed E-state index contributed by atoms with van der Waals surface area (Å²) in [5.41, 5.74) is 2.70. The van der Waals surface area contributed by atoms with Crippen molar-refractivity contribution in [3.05, 3.63) is 59.9 Å². The summed E-state index contributed by atoms with van der Waals surface area (Å²) in [4.78, 5) is 5.46. The molecule has 1 aromatic carbocycles. The maximum Gasteiger partial charge on any atom is 0.0270 e. The Morgan fingerprint density at radius 3 is 2.60 bits per heavy atom. The zero-order valence-electron chi connectivity index (χ0n) is 12.2. The summed E-state index contributed by atoms with van der Waals surface area (Å²) in [5, 5.41) is 3.58. The Labute approximate surface area is 126 Å². The van der Waals surface area contributed by atoms with Gasteiger partial charge in [0.25, 0.3) is 0 Å². The topological polar surface area (TPSA) is 24.9 Å². The third kappa shape index (κ3) is 4.66. The smallest absolute Gasteiger partial charge is 0.0270 e. The first-order chi connectivity index (χ1) is 9.79. The monoisotopic (exact) mass is 286 g/mol. The predicted octanol–water partition coefficient (Wildman–Crippen LogP) is 3.70. The summed E-state index contributed by atoms with van der Waals surface area (Å²) in [6.07, 6.45) is 4.79. The van der Waals surface area contributed by atoms with Crippen LogP contribution in [0.5, 0.6) is 0 Å². The fourth-order valence-electron chi connectivity index (χ4n) is 2.19. The van der Waals surface area contributed by atoms with E-state index in [1.807, 2.05) is 24.2 Å². The molecule has 2 rings (SSSR count). The van der Waals surface area contributed by atoms with Gasteiger partial charge in [0.15, 0.2) is 0 Å². The minimum Gasteiger partial charge on any atom is -0.313 e. The van der Waals surface area contributed by atoms with Gasteiger partial charge >= 0.3 is 0 Å². The van der Waals surface area contributed by atoms with E-state index in [1.165, 1.54) is 16.0 Å².